The Hall–Kier alpha value is -3.02. The normalized spacial score (nSPS) is 10.1. The van der Waals surface area contributed by atoms with Crippen molar-refractivity contribution in [1.82, 2.24) is 20.2 Å². The SMILES string of the molecule is c1ccc(Nc2nncc(NCc3ccccn3)n2)cc1. The first-order chi connectivity index (χ1) is 10.4. The van der Waals surface area contributed by atoms with Crippen molar-refractivity contribution >= 4 is 17.5 Å². The molecular weight excluding hydrogens is 264 g/mol. The van der Waals surface area contributed by atoms with Crippen LogP contribution in [-0.2, 0) is 6.54 Å². The molecule has 0 saturated carbocycles. The lowest BCUT2D eigenvalue weighted by atomic mass is 10.3. The fraction of sp³-hybridized carbons (Fsp3) is 0.0667. The van der Waals surface area contributed by atoms with E-state index < -0.39 is 0 Å². The van der Waals surface area contributed by atoms with E-state index in [0.717, 1.165) is 11.4 Å². The number of rotatable bonds is 5. The second-order valence-electron chi connectivity index (χ2n) is 4.33. The van der Waals surface area contributed by atoms with E-state index in [1.54, 1.807) is 12.4 Å². The smallest absolute Gasteiger partial charge is 0.249 e. The van der Waals surface area contributed by atoms with Gasteiger partial charge < -0.3 is 10.6 Å². The fourth-order valence-corrected chi connectivity index (χ4v) is 1.78. The lowest BCUT2D eigenvalue weighted by Gasteiger charge is -2.07. The Morgan fingerprint density at radius 1 is 0.952 bits per heavy atom. The van der Waals surface area contributed by atoms with Crippen LogP contribution in [0.1, 0.15) is 5.69 Å². The molecule has 21 heavy (non-hydrogen) atoms. The minimum Gasteiger partial charge on any atom is -0.363 e. The third-order valence-corrected chi connectivity index (χ3v) is 2.77. The first kappa shape index (κ1) is 13.0. The fourth-order valence-electron chi connectivity index (χ4n) is 1.78. The van der Waals surface area contributed by atoms with E-state index in [1.807, 2.05) is 48.5 Å². The van der Waals surface area contributed by atoms with Crippen molar-refractivity contribution < 1.29 is 0 Å². The van der Waals surface area contributed by atoms with Crippen LogP contribution in [0.3, 0.4) is 0 Å². The highest BCUT2D eigenvalue weighted by molar-refractivity contribution is 5.53. The van der Waals surface area contributed by atoms with Gasteiger partial charge in [0.25, 0.3) is 0 Å². The molecule has 0 aliphatic heterocycles. The van der Waals surface area contributed by atoms with Crippen LogP contribution in [0.25, 0.3) is 0 Å². The number of pyridine rings is 1. The van der Waals surface area contributed by atoms with Gasteiger partial charge in [-0.1, -0.05) is 24.3 Å². The van der Waals surface area contributed by atoms with Gasteiger partial charge in [-0.05, 0) is 24.3 Å². The third-order valence-electron chi connectivity index (χ3n) is 2.77. The average molecular weight is 278 g/mol. The maximum atomic E-state index is 4.36. The van der Waals surface area contributed by atoms with Gasteiger partial charge in [-0.15, -0.1) is 5.10 Å². The molecule has 6 nitrogen and oxygen atoms in total. The molecule has 0 saturated heterocycles. The molecule has 0 amide bonds. The van der Waals surface area contributed by atoms with E-state index >= 15 is 0 Å². The van der Waals surface area contributed by atoms with Crippen molar-refractivity contribution in [2.75, 3.05) is 10.6 Å². The van der Waals surface area contributed by atoms with Gasteiger partial charge in [-0.2, -0.15) is 10.1 Å². The Balaban J connectivity index is 1.66. The van der Waals surface area contributed by atoms with Crippen molar-refractivity contribution in [3.05, 3.63) is 66.6 Å². The molecular formula is C15H14N6. The number of benzene rings is 1. The van der Waals surface area contributed by atoms with E-state index in [0.29, 0.717) is 18.3 Å². The van der Waals surface area contributed by atoms with Crippen LogP contribution < -0.4 is 10.6 Å². The molecule has 2 heterocycles. The first-order valence-corrected chi connectivity index (χ1v) is 6.56. The molecule has 0 spiro atoms. The molecule has 0 fully saturated rings. The van der Waals surface area contributed by atoms with Crippen LogP contribution in [0.15, 0.2) is 60.9 Å². The molecule has 1 aromatic carbocycles. The minimum atomic E-state index is 0.451. The minimum absolute atomic E-state index is 0.451. The molecule has 0 atom stereocenters. The number of aromatic nitrogens is 4. The molecule has 2 aromatic heterocycles. The van der Waals surface area contributed by atoms with Gasteiger partial charge in [0, 0.05) is 11.9 Å². The summed E-state index contributed by atoms with van der Waals surface area (Å²) in [7, 11) is 0. The Bertz CT molecular complexity index is 687. The zero-order chi connectivity index (χ0) is 14.3. The predicted molar refractivity (Wildman–Crippen MR) is 81.1 cm³/mol. The Morgan fingerprint density at radius 3 is 2.62 bits per heavy atom. The van der Waals surface area contributed by atoms with E-state index in [1.165, 1.54) is 0 Å². The quantitative estimate of drug-likeness (QED) is 0.747. The second-order valence-corrected chi connectivity index (χ2v) is 4.33. The molecule has 3 rings (SSSR count). The van der Waals surface area contributed by atoms with Crippen molar-refractivity contribution in [3.63, 3.8) is 0 Å². The molecule has 0 aliphatic rings. The van der Waals surface area contributed by atoms with Crippen LogP contribution in [-0.4, -0.2) is 20.2 Å². The first-order valence-electron chi connectivity index (χ1n) is 6.56. The van der Waals surface area contributed by atoms with E-state index in [-0.39, 0.29) is 0 Å². The van der Waals surface area contributed by atoms with Gasteiger partial charge in [0.1, 0.15) is 0 Å². The van der Waals surface area contributed by atoms with Gasteiger partial charge in [-0.25, -0.2) is 0 Å². The van der Waals surface area contributed by atoms with Gasteiger partial charge in [0.2, 0.25) is 5.95 Å². The highest BCUT2D eigenvalue weighted by atomic mass is 15.3. The maximum Gasteiger partial charge on any atom is 0.249 e. The summed E-state index contributed by atoms with van der Waals surface area (Å²) < 4.78 is 0. The lowest BCUT2D eigenvalue weighted by Crippen LogP contribution is -2.06. The zero-order valence-electron chi connectivity index (χ0n) is 11.3. The topological polar surface area (TPSA) is 75.6 Å². The van der Waals surface area contributed by atoms with Crippen LogP contribution in [0.5, 0.6) is 0 Å². The molecule has 0 radical (unpaired) electrons. The third kappa shape index (κ3) is 3.73. The molecule has 0 aliphatic carbocycles. The zero-order valence-corrected chi connectivity index (χ0v) is 11.3. The number of nitrogens with one attached hydrogen (secondary N) is 2. The lowest BCUT2D eigenvalue weighted by molar-refractivity contribution is 0.955. The molecule has 104 valence electrons. The summed E-state index contributed by atoms with van der Waals surface area (Å²) in [5.74, 6) is 1.10. The van der Waals surface area contributed by atoms with Crippen molar-refractivity contribution in [2.45, 2.75) is 6.54 Å². The Morgan fingerprint density at radius 2 is 1.81 bits per heavy atom. The van der Waals surface area contributed by atoms with E-state index in [4.69, 9.17) is 0 Å². The Labute approximate surface area is 122 Å². The summed E-state index contributed by atoms with van der Waals surface area (Å²) in [5, 5.41) is 14.2. The summed E-state index contributed by atoms with van der Waals surface area (Å²) in [4.78, 5) is 8.60. The molecule has 0 bridgehead atoms. The molecule has 0 unspecified atom stereocenters. The number of para-hydroxylation sites is 1. The number of hydrogen-bond donors (Lipinski definition) is 2. The summed E-state index contributed by atoms with van der Waals surface area (Å²) >= 11 is 0. The summed E-state index contributed by atoms with van der Waals surface area (Å²) in [5.41, 5.74) is 1.86. The van der Waals surface area contributed by atoms with Gasteiger partial charge in [0.05, 0.1) is 18.4 Å². The van der Waals surface area contributed by atoms with E-state index in [2.05, 4.69) is 30.8 Å². The molecule has 3 aromatic rings. The van der Waals surface area contributed by atoms with Crippen molar-refractivity contribution in [3.8, 4) is 0 Å². The van der Waals surface area contributed by atoms with Gasteiger partial charge in [0.15, 0.2) is 5.82 Å². The highest BCUT2D eigenvalue weighted by Gasteiger charge is 2.01. The predicted octanol–water partition coefficient (Wildman–Crippen LogP) is 2.62. The maximum absolute atomic E-state index is 4.36. The van der Waals surface area contributed by atoms with Crippen LogP contribution >= 0.6 is 0 Å². The van der Waals surface area contributed by atoms with E-state index in [9.17, 15) is 0 Å². The second kappa shape index (κ2) is 6.42. The Kier molecular flexibility index (Phi) is 3.97. The van der Waals surface area contributed by atoms with Gasteiger partial charge >= 0.3 is 0 Å². The van der Waals surface area contributed by atoms with Crippen LogP contribution in [0, 0.1) is 0 Å². The number of anilines is 3. The standard InChI is InChI=1S/C15H14N6/c1-2-6-12(7-3-1)19-15-20-14(11-18-21-15)17-10-13-8-4-5-9-16-13/h1-9,11H,10H2,(H2,17,19,20,21). The molecule has 2 N–H and O–H groups in total. The summed E-state index contributed by atoms with van der Waals surface area (Å²) in [6.07, 6.45) is 3.34. The van der Waals surface area contributed by atoms with Crippen molar-refractivity contribution in [1.29, 1.82) is 0 Å². The monoisotopic (exact) mass is 278 g/mol. The number of hydrogen-bond acceptors (Lipinski definition) is 6. The highest BCUT2D eigenvalue weighted by Crippen LogP contribution is 2.12. The van der Waals surface area contributed by atoms with Crippen LogP contribution in [0.4, 0.5) is 17.5 Å². The van der Waals surface area contributed by atoms with Crippen LogP contribution in [0.2, 0.25) is 0 Å². The number of nitrogens with zero attached hydrogens (tertiary/aromatic N) is 4. The summed E-state index contributed by atoms with van der Waals surface area (Å²) in [6, 6.07) is 15.5. The summed E-state index contributed by atoms with van der Waals surface area (Å²) in [6.45, 7) is 0.588. The largest absolute Gasteiger partial charge is 0.363 e. The van der Waals surface area contributed by atoms with Gasteiger partial charge in [-0.3, -0.25) is 4.98 Å². The average Bonchev–Trinajstić information content (AvgIpc) is 2.55. The van der Waals surface area contributed by atoms with Crippen molar-refractivity contribution in [2.24, 2.45) is 0 Å². The molecule has 6 heteroatoms.